The number of aromatic nitrogens is 4. The van der Waals surface area contributed by atoms with E-state index < -0.39 is 0 Å². The molecule has 8 heteroatoms. The maximum atomic E-state index is 4.15. The van der Waals surface area contributed by atoms with Crippen molar-refractivity contribution in [2.24, 2.45) is 0 Å². The first-order valence-corrected chi connectivity index (χ1v) is 4.09. The fraction of sp³-hybridized carbons (Fsp3) is 0.333. The van der Waals surface area contributed by atoms with Crippen molar-refractivity contribution in [2.45, 2.75) is 19.3 Å². The van der Waals surface area contributed by atoms with Crippen LogP contribution in [0.25, 0.3) is 0 Å². The van der Waals surface area contributed by atoms with Crippen LogP contribution in [0.3, 0.4) is 0 Å². The average Bonchev–Trinajstić information content (AvgIpc) is 2.78. The minimum atomic E-state index is -0.299. The molecule has 2 heterocycles. The fourth-order valence-corrected chi connectivity index (χ4v) is 1.23. The minimum absolute atomic E-state index is 0. The van der Waals surface area contributed by atoms with Gasteiger partial charge < -0.3 is 53.9 Å². The van der Waals surface area contributed by atoms with E-state index in [9.17, 15) is 0 Å². The molecule has 0 bridgehead atoms. The number of nitrogens with zero attached hydrogens (tertiary/aromatic N) is 4. The molecule has 4 nitrogen and oxygen atoms in total. The molecule has 84 valence electrons. The van der Waals surface area contributed by atoms with Crippen LogP contribution < -0.4 is 43.9 Å². The van der Waals surface area contributed by atoms with E-state index in [-0.39, 0.29) is 85.5 Å². The zero-order valence-corrected chi connectivity index (χ0v) is 15.8. The molecule has 2 aromatic rings. The Morgan fingerprint density at radius 3 is 1.47 bits per heavy atom. The third-order valence-corrected chi connectivity index (χ3v) is 2.04. The summed E-state index contributed by atoms with van der Waals surface area (Å²) in [6, 6.07) is 0. The second kappa shape index (κ2) is 9.79. The Labute approximate surface area is 154 Å². The summed E-state index contributed by atoms with van der Waals surface area (Å²) in [6.07, 6.45) is 6.72. The van der Waals surface area contributed by atoms with Gasteiger partial charge >= 0.3 is 46.1 Å². The van der Waals surface area contributed by atoms with Gasteiger partial charge in [-0.3, -0.25) is 0 Å². The molecule has 0 fully saturated rings. The maximum absolute atomic E-state index is 4.15. The van der Waals surface area contributed by atoms with Gasteiger partial charge in [0, 0.05) is 0 Å². The van der Waals surface area contributed by atoms with Crippen LogP contribution in [0.4, 0.5) is 0 Å². The van der Waals surface area contributed by atoms with Gasteiger partial charge in [-0.1, -0.05) is 50.3 Å². The van der Waals surface area contributed by atoms with Gasteiger partial charge in [0.15, 0.2) is 0 Å². The third kappa shape index (κ3) is 5.19. The number of imidazole rings is 2. The Balaban J connectivity index is -0.000000490. The van der Waals surface area contributed by atoms with Crippen molar-refractivity contribution < 1.29 is 34.0 Å². The largest absolute Gasteiger partial charge is 2.00 e. The van der Waals surface area contributed by atoms with E-state index in [0.717, 1.165) is 11.6 Å². The van der Waals surface area contributed by atoms with Gasteiger partial charge in [-0.15, -0.1) is 0 Å². The number of hydrogen-bond acceptors (Lipinski definition) is 2. The SMILES string of the molecule is CC(C)(c1ncc[n-]1)c1ncc[n-]1.[Br-].[Br-].[Mg+2].[Mg+2]. The van der Waals surface area contributed by atoms with E-state index in [1.807, 2.05) is 13.8 Å². The van der Waals surface area contributed by atoms with E-state index >= 15 is 0 Å². The molecule has 0 spiro atoms. The van der Waals surface area contributed by atoms with Crippen LogP contribution in [0.5, 0.6) is 0 Å². The van der Waals surface area contributed by atoms with Crippen LogP contribution in [0.2, 0.25) is 0 Å². The molecule has 0 aliphatic carbocycles. The molecule has 0 saturated heterocycles. The summed E-state index contributed by atoms with van der Waals surface area (Å²) >= 11 is 0. The molecule has 0 aromatic carbocycles. The topological polar surface area (TPSA) is 54.0 Å². The van der Waals surface area contributed by atoms with Crippen molar-refractivity contribution in [1.82, 2.24) is 19.9 Å². The summed E-state index contributed by atoms with van der Waals surface area (Å²) in [5, 5.41) is 0. The Hall–Kier alpha value is 0.912. The molecular weight excluding hydrogens is 373 g/mol. The van der Waals surface area contributed by atoms with Gasteiger partial charge in [0.2, 0.25) is 0 Å². The Morgan fingerprint density at radius 1 is 0.882 bits per heavy atom. The molecule has 0 radical (unpaired) electrons. The molecule has 2 rings (SSSR count). The fourth-order valence-electron chi connectivity index (χ4n) is 1.23. The van der Waals surface area contributed by atoms with Crippen LogP contribution in [0.1, 0.15) is 25.5 Å². The molecule has 0 amide bonds. The molecule has 0 aliphatic rings. The standard InChI is InChI=1S/C9H10N4.2BrH.2Mg/c1-9(2,7-10-3-4-11-7)8-12-5-6-13-8;;;;/h3-6H,1-2H3;2*1H;;/q-2;;;2*+2/p-2. The first-order chi connectivity index (χ1) is 6.21. The molecule has 2 aromatic heterocycles. The van der Waals surface area contributed by atoms with Gasteiger partial charge in [-0.05, 0) is 5.41 Å². The van der Waals surface area contributed by atoms with Crippen LogP contribution in [-0.4, -0.2) is 56.1 Å². The number of halogens is 2. The van der Waals surface area contributed by atoms with E-state index in [1.165, 1.54) is 0 Å². The van der Waals surface area contributed by atoms with Crippen LogP contribution in [0, 0.1) is 0 Å². The molecule has 0 unspecified atom stereocenters. The Morgan fingerprint density at radius 2 is 1.24 bits per heavy atom. The average molecular weight is 383 g/mol. The van der Waals surface area contributed by atoms with Crippen molar-refractivity contribution in [1.29, 1.82) is 0 Å². The molecular formula is C9H10Br2Mg2N4. The predicted octanol–water partition coefficient (Wildman–Crippen LogP) is -6.04. The maximum Gasteiger partial charge on any atom is 2.00 e. The first-order valence-electron chi connectivity index (χ1n) is 4.09. The summed E-state index contributed by atoms with van der Waals surface area (Å²) in [5.74, 6) is 1.53. The summed E-state index contributed by atoms with van der Waals surface area (Å²) in [7, 11) is 0. The normalized spacial score (nSPS) is 9.06. The second-order valence-electron chi connectivity index (χ2n) is 3.38. The molecule has 0 saturated carbocycles. The monoisotopic (exact) mass is 380 g/mol. The van der Waals surface area contributed by atoms with Gasteiger partial charge in [0.25, 0.3) is 0 Å². The predicted molar refractivity (Wildman–Crippen MR) is 58.8 cm³/mol. The molecule has 0 aliphatic heterocycles. The van der Waals surface area contributed by atoms with Crippen LogP contribution >= 0.6 is 0 Å². The number of hydrogen-bond donors (Lipinski definition) is 0. The van der Waals surface area contributed by atoms with E-state index in [1.54, 1.807) is 24.8 Å². The Bertz CT molecular complexity index is 339. The third-order valence-electron chi connectivity index (χ3n) is 2.04. The molecule has 0 N–H and O–H groups in total. The molecule has 0 atom stereocenters. The summed E-state index contributed by atoms with van der Waals surface area (Å²) < 4.78 is 0. The summed E-state index contributed by atoms with van der Waals surface area (Å²) in [6.45, 7) is 4.02. The van der Waals surface area contributed by atoms with Crippen molar-refractivity contribution >= 4 is 46.1 Å². The van der Waals surface area contributed by atoms with Gasteiger partial charge in [-0.2, -0.15) is 0 Å². The van der Waals surface area contributed by atoms with Gasteiger partial charge in [0.1, 0.15) is 0 Å². The number of rotatable bonds is 2. The zero-order chi connectivity index (χ0) is 9.31. The quantitative estimate of drug-likeness (QED) is 0.485. The summed E-state index contributed by atoms with van der Waals surface area (Å²) in [4.78, 5) is 16.6. The first kappa shape index (κ1) is 23.0. The van der Waals surface area contributed by atoms with E-state index in [4.69, 9.17) is 0 Å². The smallest absolute Gasteiger partial charge is 1.00 e. The van der Waals surface area contributed by atoms with Gasteiger partial charge in [0.05, 0.1) is 0 Å². The van der Waals surface area contributed by atoms with Crippen molar-refractivity contribution in [2.75, 3.05) is 0 Å². The molecule has 17 heavy (non-hydrogen) atoms. The summed E-state index contributed by atoms with van der Waals surface area (Å²) in [5.41, 5.74) is -0.299. The van der Waals surface area contributed by atoms with Crippen molar-refractivity contribution in [3.8, 4) is 0 Å². The van der Waals surface area contributed by atoms with Crippen LogP contribution in [-0.2, 0) is 5.41 Å². The zero-order valence-electron chi connectivity index (χ0n) is 9.77. The van der Waals surface area contributed by atoms with Crippen molar-refractivity contribution in [3.05, 3.63) is 36.4 Å². The Kier molecular flexibility index (Phi) is 13.3. The van der Waals surface area contributed by atoms with E-state index in [0.29, 0.717) is 0 Å². The second-order valence-corrected chi connectivity index (χ2v) is 3.38. The van der Waals surface area contributed by atoms with Crippen molar-refractivity contribution in [3.63, 3.8) is 0 Å². The van der Waals surface area contributed by atoms with E-state index in [2.05, 4.69) is 19.9 Å². The minimum Gasteiger partial charge on any atom is -1.00 e. The van der Waals surface area contributed by atoms with Gasteiger partial charge in [-0.25, -0.2) is 0 Å². The van der Waals surface area contributed by atoms with Crippen LogP contribution in [0.15, 0.2) is 24.8 Å².